The molecule has 1 saturated heterocycles. The maximum atomic E-state index is 13.0. The van der Waals surface area contributed by atoms with E-state index in [-0.39, 0.29) is 11.7 Å². The predicted molar refractivity (Wildman–Crippen MR) is 100 cm³/mol. The highest BCUT2D eigenvalue weighted by Crippen LogP contribution is 2.32. The van der Waals surface area contributed by atoms with Crippen molar-refractivity contribution in [1.82, 2.24) is 4.90 Å². The molecule has 2 aromatic rings. The van der Waals surface area contributed by atoms with Crippen LogP contribution in [0.15, 0.2) is 36.4 Å². The van der Waals surface area contributed by atoms with Gasteiger partial charge in [-0.2, -0.15) is 0 Å². The van der Waals surface area contributed by atoms with Crippen molar-refractivity contribution in [3.05, 3.63) is 42.0 Å². The number of likely N-dealkylation sites (tertiary alicyclic amines) is 1. The van der Waals surface area contributed by atoms with Crippen LogP contribution in [0, 0.1) is 11.8 Å². The molecule has 5 heteroatoms. The van der Waals surface area contributed by atoms with Gasteiger partial charge in [-0.05, 0) is 67.1 Å². The molecule has 1 aliphatic heterocycles. The Morgan fingerprint density at radius 1 is 1.08 bits per heavy atom. The first kappa shape index (κ1) is 17.0. The van der Waals surface area contributed by atoms with Gasteiger partial charge in [-0.3, -0.25) is 4.79 Å². The molecule has 26 heavy (non-hydrogen) atoms. The lowest BCUT2D eigenvalue weighted by molar-refractivity contribution is 0.0814. The number of nitrogens with two attached hydrogens (primary N) is 1. The molecule has 136 valence electrons. The van der Waals surface area contributed by atoms with Crippen LogP contribution in [0.5, 0.6) is 5.75 Å². The highest BCUT2D eigenvalue weighted by atomic mass is 16.5. The SMILES string of the molecule is NC(=O)Oc1ccc2cc(C(=O)C3CCCN(CC4CC4)C3)ccc2c1. The first-order valence-electron chi connectivity index (χ1n) is 9.36. The third-order valence-electron chi connectivity index (χ3n) is 5.40. The Morgan fingerprint density at radius 3 is 2.62 bits per heavy atom. The van der Waals surface area contributed by atoms with E-state index >= 15 is 0 Å². The molecule has 1 amide bonds. The van der Waals surface area contributed by atoms with Crippen molar-refractivity contribution in [3.63, 3.8) is 0 Å². The summed E-state index contributed by atoms with van der Waals surface area (Å²) < 4.78 is 4.91. The lowest BCUT2D eigenvalue weighted by Crippen LogP contribution is -2.39. The first-order chi connectivity index (χ1) is 12.6. The van der Waals surface area contributed by atoms with Crippen LogP contribution < -0.4 is 10.5 Å². The van der Waals surface area contributed by atoms with E-state index in [1.807, 2.05) is 24.3 Å². The lowest BCUT2D eigenvalue weighted by Gasteiger charge is -2.32. The van der Waals surface area contributed by atoms with E-state index in [4.69, 9.17) is 10.5 Å². The summed E-state index contributed by atoms with van der Waals surface area (Å²) in [5.74, 6) is 1.61. The fraction of sp³-hybridized carbons (Fsp3) is 0.429. The van der Waals surface area contributed by atoms with Gasteiger partial charge in [-0.25, -0.2) is 4.79 Å². The summed E-state index contributed by atoms with van der Waals surface area (Å²) >= 11 is 0. The highest BCUT2D eigenvalue weighted by molar-refractivity contribution is 6.01. The van der Waals surface area contributed by atoms with Crippen LogP contribution in [0.1, 0.15) is 36.0 Å². The van der Waals surface area contributed by atoms with Gasteiger partial charge in [0.15, 0.2) is 5.78 Å². The first-order valence-corrected chi connectivity index (χ1v) is 9.36. The van der Waals surface area contributed by atoms with Crippen LogP contribution in [-0.4, -0.2) is 36.4 Å². The highest BCUT2D eigenvalue weighted by Gasteiger charge is 2.30. The molecular weight excluding hydrogens is 328 g/mol. The summed E-state index contributed by atoms with van der Waals surface area (Å²) in [4.78, 5) is 26.3. The van der Waals surface area contributed by atoms with Crippen LogP contribution in [0.4, 0.5) is 4.79 Å². The van der Waals surface area contributed by atoms with Crippen molar-refractivity contribution in [2.75, 3.05) is 19.6 Å². The minimum atomic E-state index is -0.829. The zero-order valence-electron chi connectivity index (χ0n) is 14.8. The fourth-order valence-corrected chi connectivity index (χ4v) is 3.89. The van der Waals surface area contributed by atoms with E-state index < -0.39 is 6.09 Å². The predicted octanol–water partition coefficient (Wildman–Crippen LogP) is 3.60. The number of primary amides is 1. The Labute approximate surface area is 153 Å². The number of rotatable bonds is 5. The van der Waals surface area contributed by atoms with E-state index in [1.165, 1.54) is 12.8 Å². The van der Waals surface area contributed by atoms with E-state index in [9.17, 15) is 9.59 Å². The smallest absolute Gasteiger partial charge is 0.409 e. The van der Waals surface area contributed by atoms with Gasteiger partial charge in [0.05, 0.1) is 0 Å². The summed E-state index contributed by atoms with van der Waals surface area (Å²) in [6, 6.07) is 11.0. The molecule has 1 unspecified atom stereocenters. The number of hydrogen-bond donors (Lipinski definition) is 1. The van der Waals surface area contributed by atoms with Crippen LogP contribution in [0.3, 0.4) is 0 Å². The van der Waals surface area contributed by atoms with Gasteiger partial charge in [0, 0.05) is 24.6 Å². The molecule has 1 atom stereocenters. The molecule has 5 nitrogen and oxygen atoms in total. The van der Waals surface area contributed by atoms with E-state index in [0.717, 1.165) is 54.7 Å². The lowest BCUT2D eigenvalue weighted by atomic mass is 9.89. The van der Waals surface area contributed by atoms with Gasteiger partial charge < -0.3 is 15.4 Å². The van der Waals surface area contributed by atoms with Crippen molar-refractivity contribution >= 4 is 22.6 Å². The van der Waals surface area contributed by atoms with Gasteiger partial charge in [-0.15, -0.1) is 0 Å². The molecule has 2 aromatic carbocycles. The molecule has 4 rings (SSSR count). The second kappa shape index (κ2) is 7.08. The molecule has 0 spiro atoms. The summed E-state index contributed by atoms with van der Waals surface area (Å²) in [6.07, 6.45) is 3.94. The Balaban J connectivity index is 1.49. The molecule has 1 saturated carbocycles. The maximum absolute atomic E-state index is 13.0. The molecule has 0 radical (unpaired) electrons. The fourth-order valence-electron chi connectivity index (χ4n) is 3.89. The molecule has 0 aromatic heterocycles. The van der Waals surface area contributed by atoms with Crippen molar-refractivity contribution in [1.29, 1.82) is 0 Å². The standard InChI is InChI=1S/C21H24N2O3/c22-21(25)26-19-8-7-15-10-17(6-5-16(15)11-19)20(24)18-2-1-9-23(13-18)12-14-3-4-14/h5-8,10-11,14,18H,1-4,9,12-13H2,(H2,22,25). The zero-order valence-corrected chi connectivity index (χ0v) is 14.8. The summed E-state index contributed by atoms with van der Waals surface area (Å²) in [5, 5.41) is 1.87. The molecule has 2 N–H and O–H groups in total. The van der Waals surface area contributed by atoms with Gasteiger partial charge in [0.25, 0.3) is 0 Å². The van der Waals surface area contributed by atoms with Crippen LogP contribution >= 0.6 is 0 Å². The van der Waals surface area contributed by atoms with Gasteiger partial charge in [0.1, 0.15) is 5.75 Å². The second-order valence-corrected chi connectivity index (χ2v) is 7.55. The van der Waals surface area contributed by atoms with Crippen LogP contribution in [0.2, 0.25) is 0 Å². The van der Waals surface area contributed by atoms with Gasteiger partial charge >= 0.3 is 6.09 Å². The van der Waals surface area contributed by atoms with Gasteiger partial charge in [0.2, 0.25) is 0 Å². The number of nitrogens with zero attached hydrogens (tertiary/aromatic N) is 1. The third-order valence-corrected chi connectivity index (χ3v) is 5.40. The largest absolute Gasteiger partial charge is 0.410 e. The number of Topliss-reactive ketones (excluding diaryl/α,β-unsaturated/α-hetero) is 1. The number of ether oxygens (including phenoxy) is 1. The second-order valence-electron chi connectivity index (χ2n) is 7.55. The summed E-state index contributed by atoms with van der Waals surface area (Å²) in [6.45, 7) is 3.17. The number of piperidine rings is 1. The minimum absolute atomic E-state index is 0.0948. The number of amides is 1. The number of carbonyl (C=O) groups excluding carboxylic acids is 2. The number of benzene rings is 2. The van der Waals surface area contributed by atoms with Crippen LogP contribution in [-0.2, 0) is 0 Å². The topological polar surface area (TPSA) is 72.6 Å². The Hall–Kier alpha value is -2.40. The average molecular weight is 352 g/mol. The molecular formula is C21H24N2O3. The van der Waals surface area contributed by atoms with E-state index in [2.05, 4.69) is 4.90 Å². The molecule has 2 aliphatic rings. The number of fused-ring (bicyclic) bond motifs is 1. The van der Waals surface area contributed by atoms with Gasteiger partial charge in [-0.1, -0.05) is 18.2 Å². The quantitative estimate of drug-likeness (QED) is 0.835. The van der Waals surface area contributed by atoms with Crippen molar-refractivity contribution in [2.24, 2.45) is 17.6 Å². The maximum Gasteiger partial charge on any atom is 0.409 e. The monoisotopic (exact) mass is 352 g/mol. The number of ketones is 1. The summed E-state index contributed by atoms with van der Waals surface area (Å²) in [7, 11) is 0. The molecule has 1 aliphatic carbocycles. The van der Waals surface area contributed by atoms with E-state index in [1.54, 1.807) is 12.1 Å². The zero-order chi connectivity index (χ0) is 18.1. The summed E-state index contributed by atoms with van der Waals surface area (Å²) in [5.41, 5.74) is 5.81. The van der Waals surface area contributed by atoms with Crippen molar-refractivity contribution < 1.29 is 14.3 Å². The third kappa shape index (κ3) is 3.88. The number of hydrogen-bond acceptors (Lipinski definition) is 4. The van der Waals surface area contributed by atoms with E-state index in [0.29, 0.717) is 5.75 Å². The molecule has 0 bridgehead atoms. The van der Waals surface area contributed by atoms with Crippen molar-refractivity contribution in [3.8, 4) is 5.75 Å². The molecule has 2 fully saturated rings. The Bertz CT molecular complexity index is 844. The van der Waals surface area contributed by atoms with Crippen molar-refractivity contribution in [2.45, 2.75) is 25.7 Å². The minimum Gasteiger partial charge on any atom is -0.410 e. The Kier molecular flexibility index (Phi) is 4.64. The molecule has 1 heterocycles. The Morgan fingerprint density at radius 2 is 1.85 bits per heavy atom. The number of carbonyl (C=O) groups is 2. The van der Waals surface area contributed by atoms with Crippen LogP contribution in [0.25, 0.3) is 10.8 Å². The average Bonchev–Trinajstić information content (AvgIpc) is 3.44. The normalized spacial score (nSPS) is 20.8.